The van der Waals surface area contributed by atoms with Crippen LogP contribution in [0.25, 0.3) is 0 Å². The first-order valence-electron chi connectivity index (χ1n) is 8.00. The summed E-state index contributed by atoms with van der Waals surface area (Å²) in [4.78, 5) is 12.8. The number of anilines is 2. The molecule has 140 valence electrons. The van der Waals surface area contributed by atoms with E-state index in [1.807, 2.05) is 6.07 Å². The SMILES string of the molecule is COc1ccc(NC(=O)c2cc(S(=O)(=O)N(C)c3ccccc3)cs2)cc1. The number of thiophene rings is 1. The second kappa shape index (κ2) is 7.81. The van der Waals surface area contributed by atoms with Crippen LogP contribution in [-0.4, -0.2) is 28.5 Å². The Kier molecular flexibility index (Phi) is 5.48. The zero-order valence-corrected chi connectivity index (χ0v) is 16.4. The Morgan fingerprint density at radius 2 is 1.74 bits per heavy atom. The number of nitrogens with one attached hydrogen (secondary N) is 1. The largest absolute Gasteiger partial charge is 0.497 e. The molecule has 0 fully saturated rings. The van der Waals surface area contributed by atoms with Crippen molar-refractivity contribution in [3.05, 3.63) is 70.9 Å². The van der Waals surface area contributed by atoms with Gasteiger partial charge in [-0.2, -0.15) is 0 Å². The minimum Gasteiger partial charge on any atom is -0.497 e. The highest BCUT2D eigenvalue weighted by atomic mass is 32.2. The first-order chi connectivity index (χ1) is 12.9. The van der Waals surface area contributed by atoms with Crippen LogP contribution in [0.15, 0.2) is 70.9 Å². The van der Waals surface area contributed by atoms with Gasteiger partial charge >= 0.3 is 0 Å². The van der Waals surface area contributed by atoms with Crippen molar-refractivity contribution in [2.45, 2.75) is 4.90 Å². The Bertz CT molecular complexity index is 1030. The highest BCUT2D eigenvalue weighted by Crippen LogP contribution is 2.26. The maximum Gasteiger partial charge on any atom is 0.265 e. The molecule has 1 heterocycles. The van der Waals surface area contributed by atoms with E-state index >= 15 is 0 Å². The van der Waals surface area contributed by atoms with Gasteiger partial charge in [0.15, 0.2) is 0 Å². The summed E-state index contributed by atoms with van der Waals surface area (Å²) in [5.41, 5.74) is 1.15. The van der Waals surface area contributed by atoms with Gasteiger partial charge in [-0.3, -0.25) is 9.10 Å². The number of benzene rings is 2. The lowest BCUT2D eigenvalue weighted by molar-refractivity contribution is 0.103. The van der Waals surface area contributed by atoms with E-state index in [0.29, 0.717) is 22.0 Å². The van der Waals surface area contributed by atoms with Gasteiger partial charge in [0.2, 0.25) is 0 Å². The number of nitrogens with zero attached hydrogens (tertiary/aromatic N) is 1. The van der Waals surface area contributed by atoms with Crippen LogP contribution in [0, 0.1) is 0 Å². The standard InChI is InChI=1S/C19H18N2O4S2/c1-21(15-6-4-3-5-7-15)27(23,24)17-12-18(26-13-17)19(22)20-14-8-10-16(25-2)11-9-14/h3-13H,1-2H3,(H,20,22). The van der Waals surface area contributed by atoms with Crippen LogP contribution in [0.2, 0.25) is 0 Å². The molecule has 0 atom stereocenters. The van der Waals surface area contributed by atoms with E-state index in [1.165, 1.54) is 22.8 Å². The van der Waals surface area contributed by atoms with Gasteiger partial charge in [-0.05, 0) is 42.5 Å². The van der Waals surface area contributed by atoms with Crippen molar-refractivity contribution in [1.82, 2.24) is 0 Å². The molecule has 1 aromatic heterocycles. The number of sulfonamides is 1. The van der Waals surface area contributed by atoms with Crippen LogP contribution < -0.4 is 14.4 Å². The topological polar surface area (TPSA) is 75.7 Å². The van der Waals surface area contributed by atoms with E-state index < -0.39 is 10.0 Å². The zero-order valence-electron chi connectivity index (χ0n) is 14.7. The van der Waals surface area contributed by atoms with Crippen molar-refractivity contribution in [2.24, 2.45) is 0 Å². The smallest absolute Gasteiger partial charge is 0.265 e. The van der Waals surface area contributed by atoms with Crippen molar-refractivity contribution in [1.29, 1.82) is 0 Å². The predicted molar refractivity (Wildman–Crippen MR) is 107 cm³/mol. The fourth-order valence-corrected chi connectivity index (χ4v) is 4.73. The highest BCUT2D eigenvalue weighted by molar-refractivity contribution is 7.93. The van der Waals surface area contributed by atoms with Gasteiger partial charge in [-0.1, -0.05) is 18.2 Å². The average molecular weight is 402 g/mol. The molecule has 0 bridgehead atoms. The molecule has 0 unspecified atom stereocenters. The van der Waals surface area contributed by atoms with Crippen LogP contribution >= 0.6 is 11.3 Å². The summed E-state index contributed by atoms with van der Waals surface area (Å²) in [6.45, 7) is 0. The van der Waals surface area contributed by atoms with Gasteiger partial charge in [0.25, 0.3) is 15.9 Å². The maximum absolute atomic E-state index is 12.8. The lowest BCUT2D eigenvalue weighted by Crippen LogP contribution is -2.26. The van der Waals surface area contributed by atoms with Crippen LogP contribution in [-0.2, 0) is 10.0 Å². The van der Waals surface area contributed by atoms with Crippen molar-refractivity contribution in [3.63, 3.8) is 0 Å². The summed E-state index contributed by atoms with van der Waals surface area (Å²) in [5.74, 6) is 0.315. The summed E-state index contributed by atoms with van der Waals surface area (Å²) < 4.78 is 31.8. The lowest BCUT2D eigenvalue weighted by atomic mass is 10.3. The molecule has 0 spiro atoms. The molecule has 1 amide bonds. The molecule has 0 aliphatic heterocycles. The normalized spacial score (nSPS) is 11.0. The molecule has 0 aliphatic carbocycles. The third-order valence-electron chi connectivity index (χ3n) is 3.93. The lowest BCUT2D eigenvalue weighted by Gasteiger charge is -2.18. The number of hydrogen-bond donors (Lipinski definition) is 1. The molecule has 8 heteroatoms. The number of ether oxygens (including phenoxy) is 1. The van der Waals surface area contributed by atoms with Gasteiger partial charge in [-0.15, -0.1) is 11.3 Å². The minimum atomic E-state index is -3.74. The van der Waals surface area contributed by atoms with Crippen LogP contribution in [0.3, 0.4) is 0 Å². The summed E-state index contributed by atoms with van der Waals surface area (Å²) in [6.07, 6.45) is 0. The van der Waals surface area contributed by atoms with E-state index in [0.717, 1.165) is 11.3 Å². The highest BCUT2D eigenvalue weighted by Gasteiger charge is 2.24. The van der Waals surface area contributed by atoms with Gasteiger partial charge in [0.1, 0.15) is 5.75 Å². The summed E-state index contributed by atoms with van der Waals surface area (Å²) in [7, 11) is -0.691. The molecule has 3 rings (SSSR count). The zero-order chi connectivity index (χ0) is 19.4. The van der Waals surface area contributed by atoms with Crippen LogP contribution in [0.4, 0.5) is 11.4 Å². The molecule has 2 aromatic carbocycles. The Morgan fingerprint density at radius 1 is 1.07 bits per heavy atom. The molecule has 0 radical (unpaired) electrons. The number of rotatable bonds is 6. The van der Waals surface area contributed by atoms with Gasteiger partial charge in [0.05, 0.1) is 22.6 Å². The maximum atomic E-state index is 12.8. The molecule has 0 saturated heterocycles. The Hall–Kier alpha value is -2.84. The van der Waals surface area contributed by atoms with E-state index in [1.54, 1.807) is 55.6 Å². The van der Waals surface area contributed by atoms with E-state index in [2.05, 4.69) is 5.32 Å². The fourth-order valence-electron chi connectivity index (χ4n) is 2.37. The van der Waals surface area contributed by atoms with E-state index in [9.17, 15) is 13.2 Å². The van der Waals surface area contributed by atoms with Gasteiger partial charge in [-0.25, -0.2) is 8.42 Å². The molecular weight excluding hydrogens is 384 g/mol. The van der Waals surface area contributed by atoms with E-state index in [4.69, 9.17) is 4.74 Å². The van der Waals surface area contributed by atoms with Crippen molar-refractivity contribution < 1.29 is 17.9 Å². The number of para-hydroxylation sites is 1. The second-order valence-electron chi connectivity index (χ2n) is 5.64. The molecule has 0 aliphatic rings. The molecule has 6 nitrogen and oxygen atoms in total. The first-order valence-corrected chi connectivity index (χ1v) is 10.3. The fraction of sp³-hybridized carbons (Fsp3) is 0.105. The molecule has 1 N–H and O–H groups in total. The molecular formula is C19H18N2O4S2. The average Bonchev–Trinajstić information content (AvgIpc) is 3.20. The van der Waals surface area contributed by atoms with Gasteiger partial charge in [0, 0.05) is 18.1 Å². The Morgan fingerprint density at radius 3 is 2.37 bits per heavy atom. The molecule has 27 heavy (non-hydrogen) atoms. The van der Waals surface area contributed by atoms with Crippen molar-refractivity contribution >= 4 is 38.6 Å². The van der Waals surface area contributed by atoms with Crippen LogP contribution in [0.1, 0.15) is 9.67 Å². The second-order valence-corrected chi connectivity index (χ2v) is 8.52. The summed E-state index contributed by atoms with van der Waals surface area (Å²) >= 11 is 1.08. The number of carbonyl (C=O) groups is 1. The van der Waals surface area contributed by atoms with Crippen LogP contribution in [0.5, 0.6) is 5.75 Å². The van der Waals surface area contributed by atoms with Crippen molar-refractivity contribution in [2.75, 3.05) is 23.8 Å². The summed E-state index contributed by atoms with van der Waals surface area (Å²) in [5, 5.41) is 4.21. The monoisotopic (exact) mass is 402 g/mol. The quantitative estimate of drug-likeness (QED) is 0.680. The van der Waals surface area contributed by atoms with Crippen molar-refractivity contribution in [3.8, 4) is 5.75 Å². The number of carbonyl (C=O) groups excluding carboxylic acids is 1. The first kappa shape index (κ1) is 18.9. The number of amides is 1. The Labute approximate surface area is 162 Å². The third kappa shape index (κ3) is 4.12. The third-order valence-corrected chi connectivity index (χ3v) is 6.77. The summed E-state index contributed by atoms with van der Waals surface area (Å²) in [6, 6.07) is 17.0. The number of methoxy groups -OCH3 is 1. The van der Waals surface area contributed by atoms with Gasteiger partial charge < -0.3 is 10.1 Å². The molecule has 0 saturated carbocycles. The predicted octanol–water partition coefficient (Wildman–Crippen LogP) is 3.83. The Balaban J connectivity index is 1.77. The van der Waals surface area contributed by atoms with E-state index in [-0.39, 0.29) is 10.8 Å². The number of hydrogen-bond acceptors (Lipinski definition) is 5. The minimum absolute atomic E-state index is 0.0822. The molecule has 3 aromatic rings.